The van der Waals surface area contributed by atoms with Gasteiger partial charge >= 0.3 is 0 Å². The molecule has 0 spiro atoms. The number of hydrogen-bond acceptors (Lipinski definition) is 8. The van der Waals surface area contributed by atoms with Crippen molar-refractivity contribution in [3.05, 3.63) is 127 Å². The summed E-state index contributed by atoms with van der Waals surface area (Å²) in [5.74, 6) is -8.58. The van der Waals surface area contributed by atoms with Gasteiger partial charge in [-0.2, -0.15) is 9.44 Å². The fourth-order valence-electron chi connectivity index (χ4n) is 6.60. The zero-order valence-corrected chi connectivity index (χ0v) is 35.2. The molecule has 310 valence electrons. The summed E-state index contributed by atoms with van der Waals surface area (Å²) in [6.45, 7) is 8.25. The number of sulfonamides is 2. The fourth-order valence-corrected chi connectivity index (χ4v) is 9.91. The Kier molecular flexibility index (Phi) is 14.3. The summed E-state index contributed by atoms with van der Waals surface area (Å²) in [6.07, 6.45) is 0. The van der Waals surface area contributed by atoms with Crippen molar-refractivity contribution < 1.29 is 44.8 Å². The molecule has 4 rings (SSSR count). The topological polar surface area (TPSA) is 225 Å². The highest BCUT2D eigenvalue weighted by molar-refractivity contribution is 7.90. The van der Waals surface area contributed by atoms with Crippen molar-refractivity contribution in [2.45, 2.75) is 75.3 Å². The second kappa shape index (κ2) is 18.0. The molecule has 58 heavy (non-hydrogen) atoms. The van der Waals surface area contributed by atoms with E-state index >= 15 is 8.78 Å². The minimum atomic E-state index is -4.83. The number of primary amides is 2. The summed E-state index contributed by atoms with van der Waals surface area (Å²) in [5, 5.41) is 2.29. The van der Waals surface area contributed by atoms with Gasteiger partial charge in [0.25, 0.3) is 0 Å². The first kappa shape index (κ1) is 45.9. The third kappa shape index (κ3) is 9.90. The number of carbonyl (C=O) groups is 4. The molecule has 3 amide bonds. The number of ketones is 1. The number of nitrogens with one attached hydrogen (secondary N) is 3. The summed E-state index contributed by atoms with van der Waals surface area (Å²) in [7, 11) is -9.65. The van der Waals surface area contributed by atoms with Gasteiger partial charge in [-0.3, -0.25) is 19.2 Å². The molecule has 0 aromatic heterocycles. The van der Waals surface area contributed by atoms with Crippen LogP contribution < -0.4 is 26.2 Å². The van der Waals surface area contributed by atoms with Crippen molar-refractivity contribution in [3.63, 3.8) is 0 Å². The smallest absolute Gasteiger partial charge is 0.250 e. The highest BCUT2D eigenvalue weighted by atomic mass is 35.5. The first-order valence-corrected chi connectivity index (χ1v) is 21.2. The summed E-state index contributed by atoms with van der Waals surface area (Å²) < 4.78 is 90.9. The van der Waals surface area contributed by atoms with E-state index in [0.717, 1.165) is 36.4 Å². The predicted molar refractivity (Wildman–Crippen MR) is 215 cm³/mol. The average molecular weight is 881 g/mol. The molecule has 0 saturated heterocycles. The fraction of sp³-hybridized carbons (Fsp3) is 0.282. The number of Topliss-reactive ketones (excluding diaryl/α,β-unsaturated/α-hetero) is 1. The summed E-state index contributed by atoms with van der Waals surface area (Å²) in [4.78, 5) is 51.5. The van der Waals surface area contributed by atoms with Crippen molar-refractivity contribution in [2.24, 2.45) is 11.5 Å². The van der Waals surface area contributed by atoms with Crippen LogP contribution in [0.15, 0.2) is 70.5 Å². The van der Waals surface area contributed by atoms with E-state index in [2.05, 4.69) is 14.8 Å². The van der Waals surface area contributed by atoms with Crippen LogP contribution in [0.25, 0.3) is 0 Å². The molecule has 0 saturated carbocycles. The number of benzene rings is 4. The number of carbonyl (C=O) groups excluding carboxylic acids is 4. The Bertz CT molecular complexity index is 2380. The Balaban J connectivity index is 1.79. The second-order valence-electron chi connectivity index (χ2n) is 13.8. The van der Waals surface area contributed by atoms with Gasteiger partial charge in [-0.15, -0.1) is 0 Å². The molecule has 19 heteroatoms. The lowest BCUT2D eigenvalue weighted by molar-refractivity contribution is -0.127. The Morgan fingerprint density at radius 3 is 1.41 bits per heavy atom. The van der Waals surface area contributed by atoms with Crippen LogP contribution in [0.5, 0.6) is 0 Å². The predicted octanol–water partition coefficient (Wildman–Crippen LogP) is 4.99. The Hall–Kier alpha value is -4.78. The van der Waals surface area contributed by atoms with E-state index in [4.69, 9.17) is 34.7 Å². The third-order valence-electron chi connectivity index (χ3n) is 10.00. The highest BCUT2D eigenvalue weighted by Gasteiger charge is 2.38. The van der Waals surface area contributed by atoms with Crippen LogP contribution in [0, 0.1) is 39.3 Å². The van der Waals surface area contributed by atoms with Crippen LogP contribution in [0.1, 0.15) is 79.8 Å². The van der Waals surface area contributed by atoms with E-state index < -0.39 is 107 Å². The molecule has 0 aliphatic carbocycles. The van der Waals surface area contributed by atoms with Crippen LogP contribution in [-0.2, 0) is 29.6 Å². The van der Waals surface area contributed by atoms with Crippen LogP contribution in [0.2, 0.25) is 10.0 Å². The Morgan fingerprint density at radius 1 is 0.638 bits per heavy atom. The monoisotopic (exact) mass is 879 g/mol. The zero-order valence-electron chi connectivity index (χ0n) is 32.0. The standard InChI is InChI=1S/C39H41Cl2F2N5O8S2/c1-18-7-11-28(42)33(20(18)3)22(5)35(47-57(53,54)31-13-9-24(40)15-26(31)37(44)50)30(49)17-46-39(52)36(23(6)34-21(4)19(2)8-12-29(34)43)48-58(55,56)32-14-10-25(41)16-27(32)38(45)51/h7-16,22-23,35-36,47-48H,17H2,1-6H3,(H2,44,50)(H2,45,51)(H,46,52)/t22-,23-,35+,36+/m1/s1. The molecule has 7 N–H and O–H groups in total. The molecule has 0 unspecified atom stereocenters. The van der Waals surface area contributed by atoms with Gasteiger partial charge in [-0.05, 0) is 110 Å². The SMILES string of the molecule is Cc1ccc(F)c([C@@H](C)[C@H](NS(=O)(=O)c2ccc(Cl)cc2C(N)=O)C(=O)CNC(=O)[C@@H](NS(=O)(=O)c2ccc(Cl)cc2C(N)=O)[C@H](C)c2c(F)ccc(C)c2C)c1C. The molecule has 0 radical (unpaired) electrons. The minimum absolute atomic E-state index is 0.0176. The molecule has 0 bridgehead atoms. The first-order chi connectivity index (χ1) is 26.9. The van der Waals surface area contributed by atoms with Gasteiger partial charge in [0.1, 0.15) is 17.7 Å². The van der Waals surface area contributed by atoms with Gasteiger partial charge in [-0.1, -0.05) is 49.2 Å². The number of hydrogen-bond donors (Lipinski definition) is 5. The van der Waals surface area contributed by atoms with Crippen molar-refractivity contribution in [3.8, 4) is 0 Å². The van der Waals surface area contributed by atoms with Gasteiger partial charge < -0.3 is 16.8 Å². The van der Waals surface area contributed by atoms with E-state index in [-0.39, 0.29) is 21.2 Å². The van der Waals surface area contributed by atoms with E-state index in [1.807, 2.05) is 0 Å². The molecule has 4 atom stereocenters. The lowest BCUT2D eigenvalue weighted by atomic mass is 9.86. The maximum atomic E-state index is 15.5. The first-order valence-electron chi connectivity index (χ1n) is 17.4. The Morgan fingerprint density at radius 2 is 1.02 bits per heavy atom. The number of aryl methyl sites for hydroxylation is 2. The second-order valence-corrected chi connectivity index (χ2v) is 18.0. The van der Waals surface area contributed by atoms with Crippen molar-refractivity contribution >= 4 is 66.8 Å². The van der Waals surface area contributed by atoms with E-state index in [1.165, 1.54) is 38.1 Å². The third-order valence-corrected chi connectivity index (χ3v) is 13.5. The van der Waals surface area contributed by atoms with E-state index in [0.29, 0.717) is 22.3 Å². The summed E-state index contributed by atoms with van der Waals surface area (Å²) in [6, 6.07) is 7.91. The maximum Gasteiger partial charge on any atom is 0.250 e. The van der Waals surface area contributed by atoms with Gasteiger partial charge in [0.2, 0.25) is 37.8 Å². The molecule has 13 nitrogen and oxygen atoms in total. The summed E-state index contributed by atoms with van der Waals surface area (Å²) in [5.41, 5.74) is 11.8. The van der Waals surface area contributed by atoms with E-state index in [1.54, 1.807) is 27.7 Å². The van der Waals surface area contributed by atoms with Crippen LogP contribution in [-0.4, -0.2) is 59.0 Å². The average Bonchev–Trinajstić information content (AvgIpc) is 3.14. The molecule has 0 aliphatic heterocycles. The normalized spacial score (nSPS) is 14.0. The lowest BCUT2D eigenvalue weighted by Crippen LogP contribution is -2.53. The zero-order chi connectivity index (χ0) is 43.6. The quantitative estimate of drug-likeness (QED) is 0.103. The molecule has 4 aromatic carbocycles. The molecular weight excluding hydrogens is 839 g/mol. The Labute approximate surface area is 345 Å². The van der Waals surface area contributed by atoms with E-state index in [9.17, 15) is 36.0 Å². The van der Waals surface area contributed by atoms with Crippen molar-refractivity contribution in [1.82, 2.24) is 14.8 Å². The lowest BCUT2D eigenvalue weighted by Gasteiger charge is -2.29. The molecular formula is C39H41Cl2F2N5O8S2. The number of nitrogens with two attached hydrogens (primary N) is 2. The van der Waals surface area contributed by atoms with Crippen molar-refractivity contribution in [2.75, 3.05) is 6.54 Å². The molecule has 0 aliphatic rings. The minimum Gasteiger partial charge on any atom is -0.366 e. The number of rotatable bonds is 16. The largest absolute Gasteiger partial charge is 0.366 e. The molecule has 0 heterocycles. The maximum absolute atomic E-state index is 15.5. The molecule has 4 aromatic rings. The highest BCUT2D eigenvalue weighted by Crippen LogP contribution is 2.32. The summed E-state index contributed by atoms with van der Waals surface area (Å²) >= 11 is 12.0. The van der Waals surface area contributed by atoms with Crippen LogP contribution in [0.3, 0.4) is 0 Å². The van der Waals surface area contributed by atoms with Gasteiger partial charge in [0.05, 0.1) is 33.5 Å². The number of amides is 3. The van der Waals surface area contributed by atoms with Crippen molar-refractivity contribution in [1.29, 1.82) is 0 Å². The van der Waals surface area contributed by atoms with Crippen LogP contribution in [0.4, 0.5) is 8.78 Å². The van der Waals surface area contributed by atoms with Crippen LogP contribution >= 0.6 is 23.2 Å². The van der Waals surface area contributed by atoms with Gasteiger partial charge in [-0.25, -0.2) is 25.6 Å². The number of halogens is 4. The van der Waals surface area contributed by atoms with Gasteiger partial charge in [0, 0.05) is 21.9 Å². The van der Waals surface area contributed by atoms with Gasteiger partial charge in [0.15, 0.2) is 5.78 Å². The molecule has 0 fully saturated rings.